The largest absolute Gasteiger partial charge is 0.450 e. The van der Waals surface area contributed by atoms with E-state index in [0.717, 1.165) is 5.56 Å². The summed E-state index contributed by atoms with van der Waals surface area (Å²) in [6.45, 7) is 0. The van der Waals surface area contributed by atoms with E-state index < -0.39 is 24.2 Å². The molecule has 0 heterocycles. The summed E-state index contributed by atoms with van der Waals surface area (Å²) in [7, 11) is 0. The van der Waals surface area contributed by atoms with E-state index in [4.69, 9.17) is 11.6 Å². The molecule has 0 unspecified atom stereocenters. The van der Waals surface area contributed by atoms with Crippen molar-refractivity contribution in [3.63, 3.8) is 0 Å². The molecule has 0 N–H and O–H groups in total. The number of ketones is 2. The Labute approximate surface area is 119 Å². The summed E-state index contributed by atoms with van der Waals surface area (Å²) in [4.78, 5) is 22.2. The highest BCUT2D eigenvalue weighted by Gasteiger charge is 2.39. The third kappa shape index (κ3) is 5.17. The summed E-state index contributed by atoms with van der Waals surface area (Å²) in [5.41, 5.74) is 0.880. The van der Waals surface area contributed by atoms with E-state index >= 15 is 0 Å². The molecule has 2 nitrogen and oxygen atoms in total. The number of rotatable bonds is 6. The van der Waals surface area contributed by atoms with Crippen LogP contribution >= 0.6 is 11.6 Å². The minimum Gasteiger partial charge on any atom is -0.294 e. The lowest BCUT2D eigenvalue weighted by Crippen LogP contribution is -2.25. The second-order valence-corrected chi connectivity index (χ2v) is 4.40. The van der Waals surface area contributed by atoms with Gasteiger partial charge in [0.05, 0.1) is 6.42 Å². The van der Waals surface area contributed by atoms with Gasteiger partial charge in [-0.05, 0) is 12.0 Å². The number of Topliss-reactive ketones (excluding diaryl/α,β-unsaturated/α-hetero) is 2. The molecule has 0 radical (unpaired) electrons. The number of benzene rings is 1. The first kappa shape index (κ1) is 16.4. The van der Waals surface area contributed by atoms with Crippen LogP contribution in [0.5, 0.6) is 0 Å². The Bertz CT molecular complexity index is 504. The molecule has 108 valence electrons. The number of halogens is 4. The zero-order valence-electron chi connectivity index (χ0n) is 10.4. The van der Waals surface area contributed by atoms with Crippen molar-refractivity contribution in [2.45, 2.75) is 19.0 Å². The highest BCUT2D eigenvalue weighted by Crippen LogP contribution is 2.19. The molecule has 1 aromatic rings. The Morgan fingerprint density at radius 2 is 1.75 bits per heavy atom. The molecule has 6 heteroatoms. The van der Waals surface area contributed by atoms with Crippen molar-refractivity contribution < 1.29 is 22.8 Å². The second kappa shape index (κ2) is 7.24. The lowest BCUT2D eigenvalue weighted by Gasteiger charge is -2.04. The third-order valence-electron chi connectivity index (χ3n) is 2.46. The molecule has 0 aliphatic rings. The third-order valence-corrected chi connectivity index (χ3v) is 2.67. The molecule has 0 aromatic heterocycles. The van der Waals surface area contributed by atoms with Crippen molar-refractivity contribution >= 4 is 29.2 Å². The minimum absolute atomic E-state index is 0.0806. The molecule has 0 saturated heterocycles. The maximum Gasteiger partial charge on any atom is 0.450 e. The van der Waals surface area contributed by atoms with E-state index in [1.165, 1.54) is 12.1 Å². The van der Waals surface area contributed by atoms with Gasteiger partial charge in [0.2, 0.25) is 5.78 Å². The van der Waals surface area contributed by atoms with E-state index in [9.17, 15) is 22.8 Å². The molecule has 0 aliphatic carbocycles. The van der Waals surface area contributed by atoms with Crippen LogP contribution in [0.25, 0.3) is 6.08 Å². The number of carbonyl (C=O) groups is 2. The van der Waals surface area contributed by atoms with Gasteiger partial charge in [-0.3, -0.25) is 9.59 Å². The molecule has 0 fully saturated rings. The van der Waals surface area contributed by atoms with Gasteiger partial charge >= 0.3 is 6.18 Å². The van der Waals surface area contributed by atoms with Gasteiger partial charge in [-0.1, -0.05) is 36.4 Å². The van der Waals surface area contributed by atoms with Crippen LogP contribution in [-0.2, 0) is 4.79 Å². The molecule has 1 aromatic carbocycles. The van der Waals surface area contributed by atoms with Crippen molar-refractivity contribution in [1.29, 1.82) is 0 Å². The Morgan fingerprint density at radius 3 is 2.25 bits per heavy atom. The average Bonchev–Trinajstić information content (AvgIpc) is 2.38. The Morgan fingerprint density at radius 1 is 1.15 bits per heavy atom. The summed E-state index contributed by atoms with van der Waals surface area (Å²) in [5, 5.41) is 0. The number of allylic oxidation sites excluding steroid dienone is 1. The monoisotopic (exact) mass is 304 g/mol. The van der Waals surface area contributed by atoms with Gasteiger partial charge in [0, 0.05) is 11.4 Å². The van der Waals surface area contributed by atoms with Crippen molar-refractivity contribution in [3.8, 4) is 0 Å². The van der Waals surface area contributed by atoms with Crippen molar-refractivity contribution in [3.05, 3.63) is 41.5 Å². The fourth-order valence-electron chi connectivity index (χ4n) is 1.41. The van der Waals surface area contributed by atoms with Gasteiger partial charge in [0.25, 0.3) is 0 Å². The van der Waals surface area contributed by atoms with Crippen molar-refractivity contribution in [1.82, 2.24) is 0 Å². The number of alkyl halides is 4. The molecule has 0 spiro atoms. The molecular formula is C14H12ClF3O2. The van der Waals surface area contributed by atoms with Crippen LogP contribution in [0.3, 0.4) is 0 Å². The first-order chi connectivity index (χ1) is 9.34. The fourth-order valence-corrected chi connectivity index (χ4v) is 1.54. The summed E-state index contributed by atoms with van der Waals surface area (Å²) in [6, 6.07) is 5.98. The topological polar surface area (TPSA) is 34.1 Å². The van der Waals surface area contributed by atoms with Crippen LogP contribution in [0.1, 0.15) is 28.8 Å². The molecular weight excluding hydrogens is 293 g/mol. The summed E-state index contributed by atoms with van der Waals surface area (Å²) in [6.07, 6.45) is -1.80. The fraction of sp³-hybridized carbons (Fsp3) is 0.286. The summed E-state index contributed by atoms with van der Waals surface area (Å²) in [5.74, 6) is -2.38. The Balaban J connectivity index is 2.69. The zero-order chi connectivity index (χ0) is 15.2. The molecule has 0 saturated carbocycles. The minimum atomic E-state index is -4.97. The SMILES string of the molecule is O=C(CC(=O)C(F)(F)F)c1ccc(C=CCCCl)cc1. The predicted octanol–water partition coefficient (Wildman–Crippen LogP) is 4.03. The van der Waals surface area contributed by atoms with Gasteiger partial charge in [-0.25, -0.2) is 0 Å². The molecule has 1 rings (SSSR count). The van der Waals surface area contributed by atoms with Crippen LogP contribution in [-0.4, -0.2) is 23.6 Å². The van der Waals surface area contributed by atoms with Crippen molar-refractivity contribution in [2.24, 2.45) is 0 Å². The Hall–Kier alpha value is -1.62. The molecule has 0 aliphatic heterocycles. The van der Waals surface area contributed by atoms with E-state index in [0.29, 0.717) is 12.3 Å². The molecule has 0 amide bonds. The lowest BCUT2D eigenvalue weighted by atomic mass is 10.0. The molecule has 0 atom stereocenters. The average molecular weight is 305 g/mol. The highest BCUT2D eigenvalue weighted by atomic mass is 35.5. The smallest absolute Gasteiger partial charge is 0.294 e. The standard InChI is InChI=1S/C14H12ClF3O2/c15-8-2-1-3-10-4-6-11(7-5-10)12(19)9-13(20)14(16,17)18/h1,3-7H,2,8-9H2. The number of hydrogen-bond acceptors (Lipinski definition) is 2. The second-order valence-electron chi connectivity index (χ2n) is 4.02. The summed E-state index contributed by atoms with van der Waals surface area (Å²) < 4.78 is 36.1. The first-order valence-corrected chi connectivity index (χ1v) is 6.34. The van der Waals surface area contributed by atoms with Gasteiger partial charge in [-0.15, -0.1) is 11.6 Å². The number of carbonyl (C=O) groups excluding carboxylic acids is 2. The Kier molecular flexibility index (Phi) is 5.95. The van der Waals surface area contributed by atoms with Crippen LogP contribution in [0.4, 0.5) is 13.2 Å². The lowest BCUT2D eigenvalue weighted by molar-refractivity contribution is -0.170. The highest BCUT2D eigenvalue weighted by molar-refractivity contribution is 6.17. The van der Waals surface area contributed by atoms with E-state index in [-0.39, 0.29) is 5.56 Å². The van der Waals surface area contributed by atoms with E-state index in [2.05, 4.69) is 0 Å². The van der Waals surface area contributed by atoms with Crippen LogP contribution in [0, 0.1) is 0 Å². The van der Waals surface area contributed by atoms with Gasteiger partial charge < -0.3 is 0 Å². The molecule has 20 heavy (non-hydrogen) atoms. The maximum absolute atomic E-state index is 12.0. The van der Waals surface area contributed by atoms with Crippen LogP contribution < -0.4 is 0 Å². The van der Waals surface area contributed by atoms with Crippen molar-refractivity contribution in [2.75, 3.05) is 5.88 Å². The normalized spacial score (nSPS) is 11.8. The maximum atomic E-state index is 12.0. The molecule has 0 bridgehead atoms. The zero-order valence-corrected chi connectivity index (χ0v) is 11.2. The quantitative estimate of drug-likeness (QED) is 0.452. The first-order valence-electron chi connectivity index (χ1n) is 5.80. The van der Waals surface area contributed by atoms with Crippen LogP contribution in [0.2, 0.25) is 0 Å². The van der Waals surface area contributed by atoms with Gasteiger partial charge in [0.15, 0.2) is 5.78 Å². The van der Waals surface area contributed by atoms with Gasteiger partial charge in [-0.2, -0.15) is 13.2 Å². The van der Waals surface area contributed by atoms with Crippen LogP contribution in [0.15, 0.2) is 30.3 Å². The predicted molar refractivity (Wildman–Crippen MR) is 70.8 cm³/mol. The van der Waals surface area contributed by atoms with E-state index in [1.807, 2.05) is 6.08 Å². The number of hydrogen-bond donors (Lipinski definition) is 0. The van der Waals surface area contributed by atoms with E-state index in [1.54, 1.807) is 18.2 Å². The summed E-state index contributed by atoms with van der Waals surface area (Å²) >= 11 is 5.50. The van der Waals surface area contributed by atoms with Gasteiger partial charge in [0.1, 0.15) is 0 Å².